The molecule has 0 aliphatic carbocycles. The number of phosphoric acid groups is 1. The van der Waals surface area contributed by atoms with Crippen molar-refractivity contribution in [3.63, 3.8) is 0 Å². The molecule has 0 bridgehead atoms. The zero-order chi connectivity index (χ0) is 37.0. The maximum absolute atomic E-state index is 12.5. The minimum Gasteiger partial charge on any atom is -0.462 e. The molecule has 0 aromatic rings. The third kappa shape index (κ3) is 34.9. The Bertz CT molecular complexity index is 894. The van der Waals surface area contributed by atoms with E-state index in [1.54, 1.807) is 0 Å². The lowest BCUT2D eigenvalue weighted by Gasteiger charge is -2.20. The number of aliphatic hydroxyl groups excluding tert-OH is 2. The zero-order valence-corrected chi connectivity index (χ0v) is 32.5. The first-order valence-corrected chi connectivity index (χ1v) is 21.3. The van der Waals surface area contributed by atoms with Gasteiger partial charge in [0.2, 0.25) is 0 Å². The van der Waals surface area contributed by atoms with Crippen LogP contribution in [0.15, 0.2) is 24.3 Å². The molecule has 0 rings (SSSR count). The van der Waals surface area contributed by atoms with E-state index in [-0.39, 0.29) is 19.4 Å². The number of carbonyl (C=O) groups excluding carboxylic acids is 2. The van der Waals surface area contributed by atoms with Gasteiger partial charge in [0, 0.05) is 12.8 Å². The molecule has 10 nitrogen and oxygen atoms in total. The second-order valence-electron chi connectivity index (χ2n) is 13.3. The highest BCUT2D eigenvalue weighted by Gasteiger charge is 2.27. The first kappa shape index (κ1) is 48.5. The third-order valence-corrected chi connectivity index (χ3v) is 9.31. The molecule has 1 unspecified atom stereocenters. The van der Waals surface area contributed by atoms with E-state index in [0.717, 1.165) is 51.4 Å². The second-order valence-corrected chi connectivity index (χ2v) is 14.8. The maximum Gasteiger partial charge on any atom is 0.472 e. The van der Waals surface area contributed by atoms with E-state index in [9.17, 15) is 24.2 Å². The number of allylic oxidation sites excluding steroid dienone is 4. The molecule has 3 atom stereocenters. The minimum atomic E-state index is -4.61. The fraction of sp³-hybridized carbons (Fsp3) is 0.846. The first-order valence-electron chi connectivity index (χ1n) is 19.8. The van der Waals surface area contributed by atoms with Crippen molar-refractivity contribution in [3.05, 3.63) is 24.3 Å². The smallest absolute Gasteiger partial charge is 0.462 e. The molecular formula is C39H73O10P. The normalized spacial score (nSPS) is 14.3. The fourth-order valence-corrected chi connectivity index (χ4v) is 6.05. The van der Waals surface area contributed by atoms with Gasteiger partial charge in [-0.2, -0.15) is 0 Å². The van der Waals surface area contributed by atoms with Crippen LogP contribution in [0.3, 0.4) is 0 Å². The van der Waals surface area contributed by atoms with Gasteiger partial charge in [-0.05, 0) is 44.9 Å². The number of aliphatic hydroxyl groups is 2. The summed E-state index contributed by atoms with van der Waals surface area (Å²) in [6, 6.07) is 0. The van der Waals surface area contributed by atoms with Gasteiger partial charge in [0.05, 0.1) is 19.8 Å². The van der Waals surface area contributed by atoms with Crippen LogP contribution in [0, 0.1) is 0 Å². The summed E-state index contributed by atoms with van der Waals surface area (Å²) in [5.74, 6) is -0.933. The number of esters is 2. The van der Waals surface area contributed by atoms with Crippen LogP contribution < -0.4 is 0 Å². The third-order valence-electron chi connectivity index (χ3n) is 8.36. The lowest BCUT2D eigenvalue weighted by Crippen LogP contribution is -2.29. The molecule has 0 aliphatic rings. The SMILES string of the molecule is CCCCC/C=C\C/C=C\CCCCCCCCCC(=O)OC[C@H](COP(=O)(O)OC[C@@H](O)CO)OC(=O)CCCCCCCCCCCC. The summed E-state index contributed by atoms with van der Waals surface area (Å²) in [4.78, 5) is 34.8. The Labute approximate surface area is 304 Å². The van der Waals surface area contributed by atoms with Crippen molar-refractivity contribution in [2.75, 3.05) is 26.4 Å². The monoisotopic (exact) mass is 732 g/mol. The molecule has 0 spiro atoms. The minimum absolute atomic E-state index is 0.185. The number of ether oxygens (including phenoxy) is 2. The van der Waals surface area contributed by atoms with Gasteiger partial charge in [-0.15, -0.1) is 0 Å². The molecule has 0 saturated carbocycles. The van der Waals surface area contributed by atoms with E-state index in [0.29, 0.717) is 12.8 Å². The van der Waals surface area contributed by atoms with Gasteiger partial charge in [0.1, 0.15) is 12.7 Å². The quantitative estimate of drug-likeness (QED) is 0.0244. The number of hydrogen-bond acceptors (Lipinski definition) is 9. The molecular weight excluding hydrogens is 659 g/mol. The summed E-state index contributed by atoms with van der Waals surface area (Å²) in [6.07, 6.45) is 32.9. The molecule has 50 heavy (non-hydrogen) atoms. The summed E-state index contributed by atoms with van der Waals surface area (Å²) in [6.45, 7) is 2.32. The molecule has 0 heterocycles. The van der Waals surface area contributed by atoms with Crippen LogP contribution in [0.2, 0.25) is 0 Å². The Balaban J connectivity index is 4.30. The molecule has 0 fully saturated rings. The van der Waals surface area contributed by atoms with E-state index in [4.69, 9.17) is 19.1 Å². The van der Waals surface area contributed by atoms with Gasteiger partial charge in [-0.25, -0.2) is 4.57 Å². The van der Waals surface area contributed by atoms with E-state index in [1.165, 1.54) is 83.5 Å². The number of phosphoric ester groups is 1. The van der Waals surface area contributed by atoms with Crippen LogP contribution in [0.4, 0.5) is 0 Å². The highest BCUT2D eigenvalue weighted by atomic mass is 31.2. The second kappa shape index (κ2) is 35.8. The van der Waals surface area contributed by atoms with Crippen LogP contribution in [-0.2, 0) is 32.7 Å². The first-order chi connectivity index (χ1) is 24.2. The van der Waals surface area contributed by atoms with Gasteiger partial charge in [0.15, 0.2) is 6.10 Å². The largest absolute Gasteiger partial charge is 0.472 e. The Morgan fingerprint density at radius 2 is 1.04 bits per heavy atom. The Morgan fingerprint density at radius 1 is 0.600 bits per heavy atom. The van der Waals surface area contributed by atoms with Crippen molar-refractivity contribution in [2.45, 2.75) is 187 Å². The predicted octanol–water partition coefficient (Wildman–Crippen LogP) is 9.83. The van der Waals surface area contributed by atoms with Crippen LogP contribution in [0.25, 0.3) is 0 Å². The summed E-state index contributed by atoms with van der Waals surface area (Å²) >= 11 is 0. The summed E-state index contributed by atoms with van der Waals surface area (Å²) < 4.78 is 32.6. The van der Waals surface area contributed by atoms with E-state index in [1.807, 2.05) is 0 Å². The molecule has 294 valence electrons. The van der Waals surface area contributed by atoms with Crippen LogP contribution in [-0.4, -0.2) is 65.7 Å². The van der Waals surface area contributed by atoms with Crippen molar-refractivity contribution >= 4 is 19.8 Å². The molecule has 0 aromatic heterocycles. The van der Waals surface area contributed by atoms with E-state index < -0.39 is 51.8 Å². The Hall–Kier alpha value is -1.55. The molecule has 0 amide bonds. The number of hydrogen-bond donors (Lipinski definition) is 3. The van der Waals surface area contributed by atoms with Crippen molar-refractivity contribution < 1.29 is 47.8 Å². The predicted molar refractivity (Wildman–Crippen MR) is 201 cm³/mol. The topological polar surface area (TPSA) is 149 Å². The summed E-state index contributed by atoms with van der Waals surface area (Å²) in [5.41, 5.74) is 0. The average Bonchev–Trinajstić information content (AvgIpc) is 3.10. The number of unbranched alkanes of at least 4 members (excludes halogenated alkanes) is 19. The maximum atomic E-state index is 12.5. The molecule has 0 saturated heterocycles. The molecule has 11 heteroatoms. The highest BCUT2D eigenvalue weighted by molar-refractivity contribution is 7.47. The van der Waals surface area contributed by atoms with Gasteiger partial charge in [-0.3, -0.25) is 18.6 Å². The van der Waals surface area contributed by atoms with E-state index >= 15 is 0 Å². The van der Waals surface area contributed by atoms with Gasteiger partial charge in [-0.1, -0.05) is 141 Å². The number of rotatable bonds is 37. The lowest BCUT2D eigenvalue weighted by molar-refractivity contribution is -0.161. The van der Waals surface area contributed by atoms with Gasteiger partial charge in [0.25, 0.3) is 0 Å². The van der Waals surface area contributed by atoms with Crippen LogP contribution in [0.1, 0.15) is 174 Å². The van der Waals surface area contributed by atoms with Gasteiger partial charge < -0.3 is 24.6 Å². The zero-order valence-electron chi connectivity index (χ0n) is 31.6. The standard InChI is InChI=1S/C39H73O10P/c1-3-5-7-9-11-13-15-16-17-18-19-20-21-23-24-26-28-30-38(42)46-34-37(35-48-50(44,45)47-33-36(41)32-40)49-39(43)31-29-27-25-22-14-12-10-8-6-4-2/h11,13,16-17,36-37,40-41H,3-10,12,14-15,18-35H2,1-2H3,(H,44,45)/b13-11-,17-16-/t36-,37+/m0/s1. The molecule has 0 aromatic carbocycles. The summed E-state index contributed by atoms with van der Waals surface area (Å²) in [5, 5.41) is 18.3. The number of carbonyl (C=O) groups is 2. The lowest BCUT2D eigenvalue weighted by atomic mass is 10.1. The van der Waals surface area contributed by atoms with Gasteiger partial charge >= 0.3 is 19.8 Å². The van der Waals surface area contributed by atoms with Crippen molar-refractivity contribution in [2.24, 2.45) is 0 Å². The Morgan fingerprint density at radius 3 is 1.58 bits per heavy atom. The van der Waals surface area contributed by atoms with Crippen molar-refractivity contribution in [1.29, 1.82) is 0 Å². The molecule has 3 N–H and O–H groups in total. The average molecular weight is 733 g/mol. The molecule has 0 radical (unpaired) electrons. The Kier molecular flexibility index (Phi) is 34.7. The molecule has 0 aliphatic heterocycles. The van der Waals surface area contributed by atoms with Crippen molar-refractivity contribution in [1.82, 2.24) is 0 Å². The fourth-order valence-electron chi connectivity index (χ4n) is 5.26. The van der Waals surface area contributed by atoms with Crippen LogP contribution in [0.5, 0.6) is 0 Å². The summed E-state index contributed by atoms with van der Waals surface area (Å²) in [7, 11) is -4.61. The highest BCUT2D eigenvalue weighted by Crippen LogP contribution is 2.43. The van der Waals surface area contributed by atoms with E-state index in [2.05, 4.69) is 42.7 Å². The van der Waals surface area contributed by atoms with Crippen molar-refractivity contribution in [3.8, 4) is 0 Å². The van der Waals surface area contributed by atoms with Crippen LogP contribution >= 0.6 is 7.82 Å².